The van der Waals surface area contributed by atoms with Crippen molar-refractivity contribution in [3.8, 4) is 5.75 Å². The molecule has 10 heteroatoms. The Bertz CT molecular complexity index is 727. The molecule has 7 nitrogen and oxygen atoms in total. The summed E-state index contributed by atoms with van der Waals surface area (Å²) in [5.74, 6) is 0.580. The number of benzene rings is 1. The lowest BCUT2D eigenvalue weighted by Gasteiger charge is -2.38. The van der Waals surface area contributed by atoms with E-state index in [0.29, 0.717) is 12.5 Å². The first-order valence-corrected chi connectivity index (χ1v) is 10.2. The minimum Gasteiger partial charge on any atom is -0.406 e. The van der Waals surface area contributed by atoms with Gasteiger partial charge in [0.25, 0.3) is 0 Å². The van der Waals surface area contributed by atoms with E-state index in [9.17, 15) is 18.0 Å². The molecule has 1 aromatic carbocycles. The van der Waals surface area contributed by atoms with Crippen LogP contribution in [0.5, 0.6) is 5.75 Å². The number of hydrogen-bond donors (Lipinski definition) is 2. The molecule has 1 aliphatic carbocycles. The van der Waals surface area contributed by atoms with Crippen molar-refractivity contribution < 1.29 is 22.7 Å². The van der Waals surface area contributed by atoms with Gasteiger partial charge in [0.15, 0.2) is 5.96 Å². The largest absolute Gasteiger partial charge is 0.573 e. The lowest BCUT2D eigenvalue weighted by atomic mass is 9.84. The highest BCUT2D eigenvalue weighted by molar-refractivity contribution is 5.79. The average Bonchev–Trinajstić information content (AvgIpc) is 2.65. The van der Waals surface area contributed by atoms with E-state index in [2.05, 4.69) is 19.9 Å². The highest BCUT2D eigenvalue weighted by Gasteiger charge is 2.31. The van der Waals surface area contributed by atoms with Crippen LogP contribution < -0.4 is 15.8 Å². The van der Waals surface area contributed by atoms with Crippen LogP contribution >= 0.6 is 0 Å². The molecule has 2 aliphatic rings. The first-order chi connectivity index (χ1) is 14.3. The van der Waals surface area contributed by atoms with Crippen molar-refractivity contribution in [2.45, 2.75) is 32.2 Å². The van der Waals surface area contributed by atoms with Gasteiger partial charge in [-0.05, 0) is 30.5 Å². The third-order valence-electron chi connectivity index (χ3n) is 5.46. The van der Waals surface area contributed by atoms with Gasteiger partial charge in [0, 0.05) is 45.2 Å². The second-order valence-electron chi connectivity index (χ2n) is 7.61. The topological polar surface area (TPSA) is 83.2 Å². The second kappa shape index (κ2) is 10.0. The summed E-state index contributed by atoms with van der Waals surface area (Å²) in [6.45, 7) is 4.93. The van der Waals surface area contributed by atoms with Crippen LogP contribution in [0.25, 0.3) is 0 Å². The second-order valence-corrected chi connectivity index (χ2v) is 7.61. The number of amides is 1. The van der Waals surface area contributed by atoms with Crippen molar-refractivity contribution in [2.24, 2.45) is 16.6 Å². The number of hydrogen-bond acceptors (Lipinski definition) is 4. The summed E-state index contributed by atoms with van der Waals surface area (Å²) >= 11 is 0. The Hall–Kier alpha value is -2.49. The van der Waals surface area contributed by atoms with Crippen molar-refractivity contribution in [1.29, 1.82) is 0 Å². The molecule has 30 heavy (non-hydrogen) atoms. The molecule has 1 aromatic rings. The zero-order chi connectivity index (χ0) is 21.6. The molecule has 3 rings (SSSR count). The quantitative estimate of drug-likeness (QED) is 0.513. The number of rotatable bonds is 7. The highest BCUT2D eigenvalue weighted by Crippen LogP contribution is 2.28. The third kappa shape index (κ3) is 6.79. The summed E-state index contributed by atoms with van der Waals surface area (Å²) in [5, 5.41) is 3.05. The predicted octanol–water partition coefficient (Wildman–Crippen LogP) is 1.93. The summed E-state index contributed by atoms with van der Waals surface area (Å²) in [5.41, 5.74) is 6.58. The van der Waals surface area contributed by atoms with Crippen LogP contribution in [0.2, 0.25) is 0 Å². The third-order valence-corrected chi connectivity index (χ3v) is 5.46. The maximum atomic E-state index is 12.3. The van der Waals surface area contributed by atoms with Gasteiger partial charge >= 0.3 is 6.36 Å². The Morgan fingerprint density at radius 1 is 1.17 bits per heavy atom. The Kier molecular flexibility index (Phi) is 7.41. The molecule has 2 fully saturated rings. The number of carbonyl (C=O) groups is 1. The summed E-state index contributed by atoms with van der Waals surface area (Å²) in [6, 6.07) is 5.53. The van der Waals surface area contributed by atoms with E-state index in [1.54, 1.807) is 0 Å². The maximum Gasteiger partial charge on any atom is 0.573 e. The van der Waals surface area contributed by atoms with Crippen molar-refractivity contribution in [3.63, 3.8) is 0 Å². The van der Waals surface area contributed by atoms with Crippen LogP contribution in [-0.4, -0.2) is 67.3 Å². The van der Waals surface area contributed by atoms with E-state index in [-0.39, 0.29) is 24.2 Å². The monoisotopic (exact) mass is 427 g/mol. The molecule has 3 N–H and O–H groups in total. The van der Waals surface area contributed by atoms with Crippen LogP contribution in [0.1, 0.15) is 24.8 Å². The number of alkyl halides is 3. The zero-order valence-electron chi connectivity index (χ0n) is 16.8. The van der Waals surface area contributed by atoms with Gasteiger partial charge in [-0.2, -0.15) is 0 Å². The molecule has 0 spiro atoms. The molecule has 0 bridgehead atoms. The molecule has 0 atom stereocenters. The SMILES string of the molecule is NC(=NCc1ccc(OC(F)(F)F)cc1)NCCN1CCN(C(=O)C2CCC2)CC1. The predicted molar refractivity (Wildman–Crippen MR) is 107 cm³/mol. The van der Waals surface area contributed by atoms with Crippen LogP contribution in [0.15, 0.2) is 29.3 Å². The van der Waals surface area contributed by atoms with E-state index in [0.717, 1.165) is 51.1 Å². The first kappa shape index (κ1) is 22.2. The zero-order valence-corrected chi connectivity index (χ0v) is 16.8. The fourth-order valence-corrected chi connectivity index (χ4v) is 3.48. The van der Waals surface area contributed by atoms with E-state index < -0.39 is 6.36 Å². The molecule has 1 saturated carbocycles. The number of guanidine groups is 1. The lowest BCUT2D eigenvalue weighted by Crippen LogP contribution is -2.52. The van der Waals surface area contributed by atoms with Crippen molar-refractivity contribution in [3.05, 3.63) is 29.8 Å². The Morgan fingerprint density at radius 2 is 1.83 bits per heavy atom. The van der Waals surface area contributed by atoms with Crippen LogP contribution in [0.4, 0.5) is 13.2 Å². The van der Waals surface area contributed by atoms with Gasteiger partial charge in [-0.25, -0.2) is 4.99 Å². The molecule has 0 unspecified atom stereocenters. The van der Waals surface area contributed by atoms with Crippen molar-refractivity contribution >= 4 is 11.9 Å². The summed E-state index contributed by atoms with van der Waals surface area (Å²) in [6.07, 6.45) is -1.46. The van der Waals surface area contributed by atoms with E-state index in [1.807, 2.05) is 4.90 Å². The number of aliphatic imine (C=N–C) groups is 1. The normalized spacial score (nSPS) is 18.8. The Balaban J connectivity index is 1.32. The number of nitrogens with one attached hydrogen (secondary N) is 1. The number of halogens is 3. The molecule has 1 saturated heterocycles. The molecular weight excluding hydrogens is 399 g/mol. The van der Waals surface area contributed by atoms with Gasteiger partial charge in [-0.3, -0.25) is 9.69 Å². The van der Waals surface area contributed by atoms with E-state index in [4.69, 9.17) is 5.73 Å². The van der Waals surface area contributed by atoms with Gasteiger partial charge in [-0.1, -0.05) is 18.6 Å². The number of ether oxygens (including phenoxy) is 1. The van der Waals surface area contributed by atoms with Gasteiger partial charge in [-0.15, -0.1) is 13.2 Å². The number of nitrogens with zero attached hydrogens (tertiary/aromatic N) is 3. The smallest absolute Gasteiger partial charge is 0.406 e. The molecule has 166 valence electrons. The molecule has 1 amide bonds. The number of piperazine rings is 1. The number of carbonyl (C=O) groups excluding carboxylic acids is 1. The minimum absolute atomic E-state index is 0.252. The van der Waals surface area contributed by atoms with Crippen molar-refractivity contribution in [1.82, 2.24) is 15.1 Å². The molecule has 0 aromatic heterocycles. The average molecular weight is 427 g/mol. The molecule has 1 aliphatic heterocycles. The highest BCUT2D eigenvalue weighted by atomic mass is 19.4. The van der Waals surface area contributed by atoms with Gasteiger partial charge < -0.3 is 20.7 Å². The van der Waals surface area contributed by atoms with E-state index in [1.165, 1.54) is 30.7 Å². The van der Waals surface area contributed by atoms with Crippen molar-refractivity contribution in [2.75, 3.05) is 39.3 Å². The summed E-state index contributed by atoms with van der Waals surface area (Å²) in [7, 11) is 0. The lowest BCUT2D eigenvalue weighted by molar-refractivity contribution is -0.274. The summed E-state index contributed by atoms with van der Waals surface area (Å²) in [4.78, 5) is 20.7. The molecular formula is C20H28F3N5O2. The molecule has 0 radical (unpaired) electrons. The van der Waals surface area contributed by atoms with Gasteiger partial charge in [0.05, 0.1) is 6.54 Å². The number of nitrogens with two attached hydrogens (primary N) is 1. The summed E-state index contributed by atoms with van der Waals surface area (Å²) < 4.78 is 40.3. The van der Waals surface area contributed by atoms with Crippen LogP contribution in [0.3, 0.4) is 0 Å². The molecule has 1 heterocycles. The minimum atomic E-state index is -4.70. The Labute approximate surface area is 174 Å². The van der Waals surface area contributed by atoms with Gasteiger partial charge in [0.2, 0.25) is 5.91 Å². The Morgan fingerprint density at radius 3 is 2.40 bits per heavy atom. The van der Waals surface area contributed by atoms with Gasteiger partial charge in [0.1, 0.15) is 5.75 Å². The van der Waals surface area contributed by atoms with Crippen LogP contribution in [0, 0.1) is 5.92 Å². The van der Waals surface area contributed by atoms with Crippen LogP contribution in [-0.2, 0) is 11.3 Å². The fraction of sp³-hybridized carbons (Fsp3) is 0.600. The standard InChI is InChI=1S/C20H28F3N5O2/c21-20(22,23)30-17-6-4-15(5-7-17)14-26-19(24)25-8-9-27-10-12-28(13-11-27)18(29)16-2-1-3-16/h4-7,16H,1-3,8-14H2,(H3,24,25,26). The van der Waals surface area contributed by atoms with E-state index >= 15 is 0 Å². The first-order valence-electron chi connectivity index (χ1n) is 10.2. The maximum absolute atomic E-state index is 12.3. The fourth-order valence-electron chi connectivity index (χ4n) is 3.48.